The van der Waals surface area contributed by atoms with Crippen LogP contribution in [0.2, 0.25) is 0 Å². The molecule has 0 atom stereocenters. The van der Waals surface area contributed by atoms with Gasteiger partial charge in [-0.2, -0.15) is 9.97 Å². The van der Waals surface area contributed by atoms with E-state index in [1.165, 1.54) is 14.2 Å². The predicted molar refractivity (Wildman–Crippen MR) is 124 cm³/mol. The smallest absolute Gasteiger partial charge is 0.232 e. The number of carbonyl (C=O) groups is 1. The second-order valence-electron chi connectivity index (χ2n) is 7.62. The number of rotatable bonds is 7. The molecule has 0 radical (unpaired) electrons. The van der Waals surface area contributed by atoms with Crippen molar-refractivity contribution in [2.75, 3.05) is 37.5 Å². The fourth-order valence-corrected chi connectivity index (χ4v) is 4.03. The molecule has 0 bridgehead atoms. The van der Waals surface area contributed by atoms with Crippen LogP contribution in [0.4, 0.5) is 17.6 Å². The van der Waals surface area contributed by atoms with Gasteiger partial charge in [0.1, 0.15) is 12.1 Å². The number of hydrogen-bond acceptors (Lipinski definition) is 9. The molecule has 3 aromatic heterocycles. The van der Waals surface area contributed by atoms with Crippen LogP contribution in [0.1, 0.15) is 23.2 Å². The zero-order valence-electron chi connectivity index (χ0n) is 18.4. The highest BCUT2D eigenvalue weighted by atomic mass is 16.5. The number of hydrogen-bond donors (Lipinski definition) is 1. The SMILES string of the molecule is COc1cc(-n2cnc(Nc3nc(N4CCCC4)c4cccnc4n3)c2)cc(C=O)c1OC. The standard InChI is InChI=1S/C23H23N7O3/c1-32-18-11-16(10-15(13-31)20(18)33-2)30-12-19(25-14-30)26-23-27-21-17(6-5-7-24-21)22(28-23)29-8-3-4-9-29/h5-7,10-14H,3-4,8-9H2,1-2H3,(H,24,26,27,28). The van der Waals surface area contributed by atoms with Gasteiger partial charge in [0.05, 0.1) is 37.1 Å². The number of benzene rings is 1. The van der Waals surface area contributed by atoms with Crippen molar-refractivity contribution < 1.29 is 14.3 Å². The van der Waals surface area contributed by atoms with Crippen LogP contribution < -0.4 is 19.7 Å². The summed E-state index contributed by atoms with van der Waals surface area (Å²) in [5.74, 6) is 2.71. The van der Waals surface area contributed by atoms with E-state index in [1.807, 2.05) is 12.1 Å². The van der Waals surface area contributed by atoms with Gasteiger partial charge in [-0.05, 0) is 31.0 Å². The van der Waals surface area contributed by atoms with Crippen molar-refractivity contribution in [2.45, 2.75) is 12.8 Å². The zero-order valence-corrected chi connectivity index (χ0v) is 18.4. The van der Waals surface area contributed by atoms with Gasteiger partial charge in [-0.1, -0.05) is 0 Å². The summed E-state index contributed by atoms with van der Waals surface area (Å²) >= 11 is 0. The fourth-order valence-electron chi connectivity index (χ4n) is 4.03. The highest BCUT2D eigenvalue weighted by molar-refractivity contribution is 5.88. The normalized spacial score (nSPS) is 13.3. The lowest BCUT2D eigenvalue weighted by atomic mass is 10.1. The lowest BCUT2D eigenvalue weighted by molar-refractivity contribution is 0.112. The molecule has 0 unspecified atom stereocenters. The number of nitrogens with zero attached hydrogens (tertiary/aromatic N) is 6. The quantitative estimate of drug-likeness (QED) is 0.428. The second-order valence-corrected chi connectivity index (χ2v) is 7.62. The maximum atomic E-state index is 11.5. The maximum Gasteiger partial charge on any atom is 0.232 e. The summed E-state index contributed by atoms with van der Waals surface area (Å²) < 4.78 is 12.5. The number of aromatic nitrogens is 5. The van der Waals surface area contributed by atoms with E-state index in [9.17, 15) is 4.79 Å². The third-order valence-electron chi connectivity index (χ3n) is 5.60. The van der Waals surface area contributed by atoms with Crippen LogP contribution in [0.25, 0.3) is 16.7 Å². The van der Waals surface area contributed by atoms with E-state index in [0.717, 1.165) is 43.4 Å². The molecule has 1 aliphatic rings. The minimum atomic E-state index is 0.384. The highest BCUT2D eigenvalue weighted by Crippen LogP contribution is 2.33. The first kappa shape index (κ1) is 20.7. The van der Waals surface area contributed by atoms with Crippen LogP contribution in [0, 0.1) is 0 Å². The molecule has 10 nitrogen and oxygen atoms in total. The molecule has 0 spiro atoms. The van der Waals surface area contributed by atoms with Gasteiger partial charge in [-0.3, -0.25) is 4.79 Å². The van der Waals surface area contributed by atoms with Crippen molar-refractivity contribution in [1.29, 1.82) is 0 Å². The van der Waals surface area contributed by atoms with Crippen molar-refractivity contribution in [3.8, 4) is 17.2 Å². The van der Waals surface area contributed by atoms with E-state index in [4.69, 9.17) is 14.5 Å². The van der Waals surface area contributed by atoms with Gasteiger partial charge in [0.15, 0.2) is 29.3 Å². The van der Waals surface area contributed by atoms with Crippen LogP contribution in [0.3, 0.4) is 0 Å². The summed E-state index contributed by atoms with van der Waals surface area (Å²) in [6.07, 6.45) is 8.18. The number of ether oxygens (including phenoxy) is 2. The summed E-state index contributed by atoms with van der Waals surface area (Å²) in [6.45, 7) is 1.93. The minimum Gasteiger partial charge on any atom is -0.493 e. The minimum absolute atomic E-state index is 0.384. The Morgan fingerprint density at radius 1 is 1.09 bits per heavy atom. The van der Waals surface area contributed by atoms with E-state index >= 15 is 0 Å². The Labute approximate surface area is 190 Å². The van der Waals surface area contributed by atoms with Crippen molar-refractivity contribution in [3.63, 3.8) is 0 Å². The molecule has 168 valence electrons. The van der Waals surface area contributed by atoms with E-state index in [1.54, 1.807) is 35.4 Å². The number of pyridine rings is 1. The van der Waals surface area contributed by atoms with Crippen molar-refractivity contribution in [3.05, 3.63) is 48.5 Å². The molecular formula is C23H23N7O3. The number of methoxy groups -OCH3 is 2. The molecule has 1 N–H and O–H groups in total. The number of carbonyl (C=O) groups excluding carboxylic acids is 1. The third kappa shape index (κ3) is 3.91. The van der Waals surface area contributed by atoms with Gasteiger partial charge in [0.2, 0.25) is 5.95 Å². The highest BCUT2D eigenvalue weighted by Gasteiger charge is 2.19. The van der Waals surface area contributed by atoms with Gasteiger partial charge >= 0.3 is 0 Å². The lowest BCUT2D eigenvalue weighted by Crippen LogP contribution is -2.20. The van der Waals surface area contributed by atoms with Gasteiger partial charge in [-0.25, -0.2) is 9.97 Å². The Hall–Kier alpha value is -4.21. The number of fused-ring (bicyclic) bond motifs is 1. The molecule has 1 fully saturated rings. The van der Waals surface area contributed by atoms with Crippen LogP contribution in [-0.2, 0) is 0 Å². The van der Waals surface area contributed by atoms with Gasteiger partial charge < -0.3 is 24.3 Å². The first-order valence-electron chi connectivity index (χ1n) is 10.6. The molecule has 0 saturated carbocycles. The first-order chi connectivity index (χ1) is 16.2. The topological polar surface area (TPSA) is 107 Å². The molecule has 4 heterocycles. The molecule has 1 aromatic carbocycles. The number of nitrogens with one attached hydrogen (secondary N) is 1. The molecule has 0 aliphatic carbocycles. The zero-order chi connectivity index (χ0) is 22.8. The lowest BCUT2D eigenvalue weighted by Gasteiger charge is -2.18. The Bertz CT molecular complexity index is 1310. The Kier molecular flexibility index (Phi) is 5.47. The summed E-state index contributed by atoms with van der Waals surface area (Å²) in [5, 5.41) is 4.12. The molecule has 1 saturated heterocycles. The fraction of sp³-hybridized carbons (Fsp3) is 0.261. The van der Waals surface area contributed by atoms with Gasteiger partial charge in [-0.15, -0.1) is 0 Å². The monoisotopic (exact) mass is 445 g/mol. The van der Waals surface area contributed by atoms with Crippen LogP contribution in [-0.4, -0.2) is 58.1 Å². The van der Waals surface area contributed by atoms with Crippen molar-refractivity contribution in [2.24, 2.45) is 0 Å². The molecule has 1 aliphatic heterocycles. The number of aldehydes is 1. The average molecular weight is 445 g/mol. The van der Waals surface area contributed by atoms with Gasteiger partial charge in [0, 0.05) is 25.4 Å². The van der Waals surface area contributed by atoms with Crippen molar-refractivity contribution in [1.82, 2.24) is 24.5 Å². The van der Waals surface area contributed by atoms with Crippen LogP contribution in [0.5, 0.6) is 11.5 Å². The van der Waals surface area contributed by atoms with E-state index in [-0.39, 0.29) is 0 Å². The third-order valence-corrected chi connectivity index (χ3v) is 5.60. The Balaban J connectivity index is 1.48. The van der Waals surface area contributed by atoms with Crippen LogP contribution >= 0.6 is 0 Å². The second kappa shape index (κ2) is 8.73. The molecule has 5 rings (SSSR count). The Morgan fingerprint density at radius 3 is 2.70 bits per heavy atom. The molecule has 0 amide bonds. The Morgan fingerprint density at radius 2 is 1.94 bits per heavy atom. The van der Waals surface area contributed by atoms with E-state index in [2.05, 4.69) is 25.2 Å². The molecule has 10 heteroatoms. The summed E-state index contributed by atoms with van der Waals surface area (Å²) in [6, 6.07) is 7.38. The van der Waals surface area contributed by atoms with Crippen molar-refractivity contribution >= 4 is 34.9 Å². The summed E-state index contributed by atoms with van der Waals surface area (Å²) in [7, 11) is 3.03. The van der Waals surface area contributed by atoms with Gasteiger partial charge in [0.25, 0.3) is 0 Å². The van der Waals surface area contributed by atoms with E-state index < -0.39 is 0 Å². The van der Waals surface area contributed by atoms with Crippen LogP contribution in [0.15, 0.2) is 43.0 Å². The largest absolute Gasteiger partial charge is 0.493 e. The van der Waals surface area contributed by atoms with E-state index in [0.29, 0.717) is 40.2 Å². The first-order valence-corrected chi connectivity index (χ1v) is 10.6. The predicted octanol–water partition coefficient (Wildman–Crippen LogP) is 3.38. The molecular weight excluding hydrogens is 422 g/mol. The number of anilines is 3. The average Bonchev–Trinajstić information content (AvgIpc) is 3.55. The molecule has 4 aromatic rings. The summed E-state index contributed by atoms with van der Waals surface area (Å²) in [4.78, 5) is 32.0. The maximum absolute atomic E-state index is 11.5. The molecule has 33 heavy (non-hydrogen) atoms. The number of imidazole rings is 1. The summed E-state index contributed by atoms with van der Waals surface area (Å²) in [5.41, 5.74) is 1.72.